The molecule has 0 bridgehead atoms. The average molecular weight is 554 g/mol. The molecule has 0 amide bonds. The molecule has 6 heteroatoms. The van der Waals surface area contributed by atoms with Crippen molar-refractivity contribution in [3.8, 4) is 28.6 Å². The van der Waals surface area contributed by atoms with E-state index in [9.17, 15) is 0 Å². The van der Waals surface area contributed by atoms with Crippen LogP contribution in [0.15, 0.2) is 79.0 Å². The van der Waals surface area contributed by atoms with Crippen molar-refractivity contribution >= 4 is 0 Å². The number of ether oxygens (including phenoxy) is 3. The second kappa shape index (κ2) is 14.2. The summed E-state index contributed by atoms with van der Waals surface area (Å²) in [6, 6.07) is 25.6. The molecule has 0 aliphatic carbocycles. The Morgan fingerprint density at radius 1 is 0.854 bits per heavy atom. The van der Waals surface area contributed by atoms with Gasteiger partial charge in [0.15, 0.2) is 11.5 Å². The van der Waals surface area contributed by atoms with Crippen LogP contribution in [0.4, 0.5) is 0 Å². The van der Waals surface area contributed by atoms with E-state index in [-0.39, 0.29) is 12.8 Å². The topological polar surface area (TPSA) is 48.8 Å². The Bertz CT molecular complexity index is 1380. The fraction of sp³-hybridized carbons (Fsp3) is 0.400. The van der Waals surface area contributed by atoms with E-state index in [2.05, 4.69) is 90.2 Å². The van der Waals surface area contributed by atoms with Gasteiger partial charge in [0.05, 0.1) is 24.5 Å². The van der Waals surface area contributed by atoms with E-state index in [4.69, 9.17) is 19.2 Å². The highest BCUT2D eigenvalue weighted by Crippen LogP contribution is 2.36. The number of unbranched alkanes of at least 4 members (excludes halogenated alkanes) is 2. The Kier molecular flexibility index (Phi) is 9.97. The molecule has 0 spiro atoms. The molecule has 5 rings (SSSR count). The van der Waals surface area contributed by atoms with Crippen LogP contribution < -0.4 is 14.2 Å². The smallest absolute Gasteiger partial charge is 0.231 e. The molecule has 0 saturated carbocycles. The van der Waals surface area contributed by atoms with Crippen LogP contribution in [-0.4, -0.2) is 27.9 Å². The zero-order chi connectivity index (χ0) is 28.4. The summed E-state index contributed by atoms with van der Waals surface area (Å²) in [4.78, 5) is 7.63. The summed E-state index contributed by atoms with van der Waals surface area (Å²) in [6.07, 6.45) is 7.71. The van der Waals surface area contributed by atoms with E-state index < -0.39 is 0 Å². The number of hydrogen-bond acceptors (Lipinski definition) is 5. The fourth-order valence-corrected chi connectivity index (χ4v) is 5.62. The summed E-state index contributed by atoms with van der Waals surface area (Å²) < 4.78 is 19.7. The predicted molar refractivity (Wildman–Crippen MR) is 164 cm³/mol. The highest BCUT2D eigenvalue weighted by atomic mass is 16.7. The molecule has 3 aromatic carbocycles. The van der Waals surface area contributed by atoms with Gasteiger partial charge in [-0.2, -0.15) is 0 Å². The minimum Gasteiger partial charge on any atom is -0.494 e. The Hall–Kier alpha value is -3.77. The van der Waals surface area contributed by atoms with Crippen LogP contribution >= 0.6 is 0 Å². The quantitative estimate of drug-likeness (QED) is 0.148. The van der Waals surface area contributed by atoms with Crippen LogP contribution in [-0.2, 0) is 19.6 Å². The van der Waals surface area contributed by atoms with Crippen molar-refractivity contribution in [2.75, 3.05) is 13.4 Å². The van der Waals surface area contributed by atoms with E-state index >= 15 is 0 Å². The van der Waals surface area contributed by atoms with Crippen molar-refractivity contribution < 1.29 is 14.2 Å². The number of aromatic nitrogens is 2. The lowest BCUT2D eigenvalue weighted by molar-refractivity contribution is 0.159. The van der Waals surface area contributed by atoms with Gasteiger partial charge in [-0.25, -0.2) is 4.98 Å². The molecule has 0 N–H and O–H groups in total. The van der Waals surface area contributed by atoms with Crippen LogP contribution in [0.1, 0.15) is 75.7 Å². The second-order valence-electron chi connectivity index (χ2n) is 10.7. The zero-order valence-electron chi connectivity index (χ0n) is 24.7. The summed E-state index contributed by atoms with van der Waals surface area (Å²) in [7, 11) is 0. The maximum Gasteiger partial charge on any atom is 0.231 e. The van der Waals surface area contributed by atoms with Crippen molar-refractivity contribution in [1.82, 2.24) is 14.5 Å². The Morgan fingerprint density at radius 2 is 1.63 bits per heavy atom. The molecule has 1 aromatic heterocycles. The summed E-state index contributed by atoms with van der Waals surface area (Å²) >= 11 is 0. The molecule has 1 aliphatic rings. The van der Waals surface area contributed by atoms with Gasteiger partial charge in [0, 0.05) is 25.2 Å². The standard InChI is InChI=1S/C35H43N3O3/c1-4-7-17-31(32-23-36-35(38(32)20-8-5-2)29-14-10-9-11-15-29)37(24-27-13-12-16-30(21-27)39-6-3)25-28-18-19-33-34(22-28)41-26-40-33/h9-16,18-19,21-23,31H,4-8,17,20,24-26H2,1-3H3. The Labute approximate surface area is 244 Å². The third-order valence-electron chi connectivity index (χ3n) is 7.68. The maximum absolute atomic E-state index is 5.86. The number of fused-ring (bicyclic) bond motifs is 1. The van der Waals surface area contributed by atoms with Crippen LogP contribution in [0.5, 0.6) is 17.2 Å². The largest absolute Gasteiger partial charge is 0.494 e. The zero-order valence-corrected chi connectivity index (χ0v) is 24.7. The summed E-state index contributed by atoms with van der Waals surface area (Å²) in [5.74, 6) is 3.61. The van der Waals surface area contributed by atoms with Crippen LogP contribution in [0, 0.1) is 0 Å². The highest BCUT2D eigenvalue weighted by Gasteiger charge is 2.27. The van der Waals surface area contributed by atoms with E-state index in [0.29, 0.717) is 6.61 Å². The monoisotopic (exact) mass is 553 g/mol. The predicted octanol–water partition coefficient (Wildman–Crippen LogP) is 8.41. The van der Waals surface area contributed by atoms with Gasteiger partial charge in [-0.1, -0.05) is 81.6 Å². The third kappa shape index (κ3) is 7.12. The third-order valence-corrected chi connectivity index (χ3v) is 7.68. The summed E-state index contributed by atoms with van der Waals surface area (Å²) in [6.45, 7) is 10.0. The maximum atomic E-state index is 5.86. The number of hydrogen-bond donors (Lipinski definition) is 0. The molecule has 6 nitrogen and oxygen atoms in total. The Balaban J connectivity index is 1.56. The molecular formula is C35H43N3O3. The molecule has 4 aromatic rings. The first-order valence-electron chi connectivity index (χ1n) is 15.1. The number of nitrogens with zero attached hydrogens (tertiary/aromatic N) is 3. The van der Waals surface area contributed by atoms with E-state index in [0.717, 1.165) is 80.4 Å². The van der Waals surface area contributed by atoms with Gasteiger partial charge in [0.1, 0.15) is 11.6 Å². The first kappa shape index (κ1) is 28.7. The lowest BCUT2D eigenvalue weighted by Gasteiger charge is -2.33. The van der Waals surface area contributed by atoms with E-state index in [1.54, 1.807) is 0 Å². The normalized spacial score (nSPS) is 13.1. The lowest BCUT2D eigenvalue weighted by Crippen LogP contribution is -2.30. The van der Waals surface area contributed by atoms with Crippen LogP contribution in [0.25, 0.3) is 11.4 Å². The van der Waals surface area contributed by atoms with Crippen molar-refractivity contribution in [2.24, 2.45) is 0 Å². The number of imidazole rings is 1. The first-order valence-corrected chi connectivity index (χ1v) is 15.1. The summed E-state index contributed by atoms with van der Waals surface area (Å²) in [5.41, 5.74) is 4.89. The van der Waals surface area contributed by atoms with Crippen LogP contribution in [0.3, 0.4) is 0 Å². The molecule has 1 unspecified atom stereocenters. The minimum atomic E-state index is 0.193. The number of rotatable bonds is 15. The molecule has 1 atom stereocenters. The molecule has 2 heterocycles. The van der Waals surface area contributed by atoms with E-state index in [1.807, 2.05) is 19.1 Å². The van der Waals surface area contributed by atoms with Crippen molar-refractivity contribution in [3.63, 3.8) is 0 Å². The minimum absolute atomic E-state index is 0.193. The van der Waals surface area contributed by atoms with Crippen molar-refractivity contribution in [2.45, 2.75) is 78.6 Å². The summed E-state index contributed by atoms with van der Waals surface area (Å²) in [5, 5.41) is 0. The van der Waals surface area contributed by atoms with E-state index in [1.165, 1.54) is 16.8 Å². The first-order chi connectivity index (χ1) is 20.2. The lowest BCUT2D eigenvalue weighted by atomic mass is 10.0. The fourth-order valence-electron chi connectivity index (χ4n) is 5.62. The molecule has 0 radical (unpaired) electrons. The van der Waals surface area contributed by atoms with Gasteiger partial charge in [-0.3, -0.25) is 4.90 Å². The van der Waals surface area contributed by atoms with Crippen LogP contribution in [0.2, 0.25) is 0 Å². The van der Waals surface area contributed by atoms with Gasteiger partial charge < -0.3 is 18.8 Å². The highest BCUT2D eigenvalue weighted by molar-refractivity contribution is 5.56. The second-order valence-corrected chi connectivity index (χ2v) is 10.7. The SMILES string of the molecule is CCCCC(c1cnc(-c2ccccc2)n1CCCC)N(Cc1cccc(OCC)c1)Cc1ccc2c(c1)OCO2. The molecule has 0 saturated heterocycles. The van der Waals surface area contributed by atoms with Gasteiger partial charge in [0.2, 0.25) is 6.79 Å². The average Bonchev–Trinajstić information content (AvgIpc) is 3.64. The van der Waals surface area contributed by atoms with Gasteiger partial charge in [-0.05, 0) is 55.2 Å². The van der Waals surface area contributed by atoms with Crippen molar-refractivity contribution in [1.29, 1.82) is 0 Å². The van der Waals surface area contributed by atoms with Gasteiger partial charge in [-0.15, -0.1) is 0 Å². The van der Waals surface area contributed by atoms with Crippen molar-refractivity contribution in [3.05, 3.63) is 95.8 Å². The molecule has 1 aliphatic heterocycles. The molecule has 0 fully saturated rings. The van der Waals surface area contributed by atoms with Gasteiger partial charge >= 0.3 is 0 Å². The Morgan fingerprint density at radius 3 is 2.41 bits per heavy atom. The molecule has 41 heavy (non-hydrogen) atoms. The molecular weight excluding hydrogens is 510 g/mol. The number of benzene rings is 3. The molecule has 216 valence electrons. The van der Waals surface area contributed by atoms with Gasteiger partial charge in [0.25, 0.3) is 0 Å².